The Balaban J connectivity index is 1.85. The lowest BCUT2D eigenvalue weighted by molar-refractivity contribution is 0.0584. The van der Waals surface area contributed by atoms with Crippen LogP contribution in [-0.4, -0.2) is 30.3 Å². The Bertz CT molecular complexity index is 328. The van der Waals surface area contributed by atoms with Crippen LogP contribution in [0.25, 0.3) is 0 Å². The van der Waals surface area contributed by atoms with E-state index in [1.165, 1.54) is 0 Å². The van der Waals surface area contributed by atoms with Crippen molar-refractivity contribution in [2.45, 2.75) is 38.5 Å². The highest BCUT2D eigenvalue weighted by molar-refractivity contribution is 5.21. The minimum atomic E-state index is 0.150. The van der Waals surface area contributed by atoms with E-state index in [1.54, 1.807) is 0 Å². The van der Waals surface area contributed by atoms with Gasteiger partial charge in [0.15, 0.2) is 0 Å². The lowest BCUT2D eigenvalue weighted by Crippen LogP contribution is -2.50. The van der Waals surface area contributed by atoms with Gasteiger partial charge < -0.3 is 10.5 Å². The number of nitrogens with two attached hydrogens (primary N) is 1. The molecule has 1 aliphatic heterocycles. The number of piperidine rings is 1. The molecule has 3 heteroatoms. The molecule has 0 radical (unpaired) electrons. The molecule has 2 unspecified atom stereocenters. The molecule has 1 aromatic carbocycles. The molecular formula is C14H22N2O. The molecule has 2 N–H and O–H groups in total. The molecule has 17 heavy (non-hydrogen) atoms. The molecule has 0 aliphatic carbocycles. The number of hydrogen-bond donors (Lipinski definition) is 1. The Hall–Kier alpha value is -1.06. The number of para-hydroxylation sites is 1. The van der Waals surface area contributed by atoms with Crippen molar-refractivity contribution < 1.29 is 4.74 Å². The molecule has 3 nitrogen and oxygen atoms in total. The van der Waals surface area contributed by atoms with E-state index in [0.29, 0.717) is 0 Å². The summed E-state index contributed by atoms with van der Waals surface area (Å²) < 4.78 is 5.95. The Morgan fingerprint density at radius 1 is 1.35 bits per heavy atom. The minimum Gasteiger partial charge on any atom is -0.490 e. The minimum absolute atomic E-state index is 0.150. The Morgan fingerprint density at radius 2 is 2.12 bits per heavy atom. The van der Waals surface area contributed by atoms with Gasteiger partial charge in [-0.15, -0.1) is 0 Å². The Kier molecular flexibility index (Phi) is 4.40. The molecule has 94 valence electrons. The number of benzene rings is 1. The first-order valence-electron chi connectivity index (χ1n) is 6.51. The summed E-state index contributed by atoms with van der Waals surface area (Å²) >= 11 is 0. The third-order valence-corrected chi connectivity index (χ3v) is 3.27. The highest BCUT2D eigenvalue weighted by Crippen LogP contribution is 2.20. The van der Waals surface area contributed by atoms with Crippen molar-refractivity contribution in [2.75, 3.05) is 13.1 Å². The molecule has 0 aromatic heterocycles. The second-order valence-corrected chi connectivity index (χ2v) is 4.68. The maximum Gasteiger partial charge on any atom is 0.119 e. The number of nitrogens with zero attached hydrogens (tertiary/aromatic N) is 1. The summed E-state index contributed by atoms with van der Waals surface area (Å²) in [6.07, 6.45) is 3.58. The largest absolute Gasteiger partial charge is 0.490 e. The maximum atomic E-state index is 6.16. The van der Waals surface area contributed by atoms with E-state index in [0.717, 1.165) is 38.1 Å². The molecule has 0 saturated carbocycles. The average Bonchev–Trinajstić information content (AvgIpc) is 2.34. The summed E-state index contributed by atoms with van der Waals surface area (Å²) in [7, 11) is 0. The van der Waals surface area contributed by atoms with Gasteiger partial charge in [-0.25, -0.2) is 0 Å². The van der Waals surface area contributed by atoms with Crippen LogP contribution in [-0.2, 0) is 0 Å². The molecule has 2 rings (SSSR count). The fourth-order valence-corrected chi connectivity index (χ4v) is 2.38. The van der Waals surface area contributed by atoms with E-state index >= 15 is 0 Å². The van der Waals surface area contributed by atoms with Gasteiger partial charge >= 0.3 is 0 Å². The highest BCUT2D eigenvalue weighted by Gasteiger charge is 2.26. The Labute approximate surface area is 104 Å². The van der Waals surface area contributed by atoms with Crippen LogP contribution in [0.5, 0.6) is 5.75 Å². The molecular weight excluding hydrogens is 212 g/mol. The summed E-state index contributed by atoms with van der Waals surface area (Å²) in [6, 6.07) is 10.0. The number of rotatable bonds is 4. The summed E-state index contributed by atoms with van der Waals surface area (Å²) in [6.45, 7) is 4.34. The van der Waals surface area contributed by atoms with Crippen molar-refractivity contribution in [3.63, 3.8) is 0 Å². The molecule has 1 saturated heterocycles. The van der Waals surface area contributed by atoms with Gasteiger partial charge in [0.05, 0.1) is 6.17 Å². The van der Waals surface area contributed by atoms with E-state index in [4.69, 9.17) is 10.5 Å². The van der Waals surface area contributed by atoms with Crippen LogP contribution < -0.4 is 10.5 Å². The zero-order chi connectivity index (χ0) is 12.1. The SMILES string of the molecule is CCCN1CCC(Oc2ccccc2)CC1N. The van der Waals surface area contributed by atoms with E-state index < -0.39 is 0 Å². The normalized spacial score (nSPS) is 25.8. The molecule has 0 spiro atoms. The Morgan fingerprint density at radius 3 is 2.76 bits per heavy atom. The van der Waals surface area contributed by atoms with Gasteiger partial charge in [0.1, 0.15) is 11.9 Å². The van der Waals surface area contributed by atoms with Crippen LogP contribution in [0.3, 0.4) is 0 Å². The monoisotopic (exact) mass is 234 g/mol. The highest BCUT2D eigenvalue weighted by atomic mass is 16.5. The topological polar surface area (TPSA) is 38.5 Å². The molecule has 0 amide bonds. The summed E-state index contributed by atoms with van der Waals surface area (Å²) in [5, 5.41) is 0. The van der Waals surface area contributed by atoms with Gasteiger partial charge in [0, 0.05) is 13.0 Å². The predicted molar refractivity (Wildman–Crippen MR) is 69.9 cm³/mol. The van der Waals surface area contributed by atoms with Crippen molar-refractivity contribution in [1.82, 2.24) is 4.90 Å². The van der Waals surface area contributed by atoms with Crippen LogP contribution in [0, 0.1) is 0 Å². The van der Waals surface area contributed by atoms with E-state index in [9.17, 15) is 0 Å². The zero-order valence-electron chi connectivity index (χ0n) is 10.5. The van der Waals surface area contributed by atoms with Crippen LogP contribution in [0.4, 0.5) is 0 Å². The average molecular weight is 234 g/mol. The number of hydrogen-bond acceptors (Lipinski definition) is 3. The van der Waals surface area contributed by atoms with Gasteiger partial charge in [-0.1, -0.05) is 25.1 Å². The van der Waals surface area contributed by atoms with Gasteiger partial charge in [-0.3, -0.25) is 4.90 Å². The standard InChI is InChI=1S/C14H22N2O/c1-2-9-16-10-8-13(11-14(16)15)17-12-6-4-3-5-7-12/h3-7,13-14H,2,8-11,15H2,1H3. The number of ether oxygens (including phenoxy) is 1. The quantitative estimate of drug-likeness (QED) is 0.868. The molecule has 0 bridgehead atoms. The van der Waals surface area contributed by atoms with Crippen LogP contribution in [0.2, 0.25) is 0 Å². The van der Waals surface area contributed by atoms with Crippen molar-refractivity contribution in [2.24, 2.45) is 5.73 Å². The molecule has 1 aromatic rings. The van der Waals surface area contributed by atoms with Crippen LogP contribution in [0.15, 0.2) is 30.3 Å². The first kappa shape index (κ1) is 12.4. The van der Waals surface area contributed by atoms with Crippen LogP contribution >= 0.6 is 0 Å². The van der Waals surface area contributed by atoms with Crippen molar-refractivity contribution in [3.05, 3.63) is 30.3 Å². The second-order valence-electron chi connectivity index (χ2n) is 4.68. The molecule has 1 heterocycles. The van der Waals surface area contributed by atoms with Gasteiger partial charge in [0.25, 0.3) is 0 Å². The summed E-state index contributed by atoms with van der Waals surface area (Å²) in [5.74, 6) is 0.952. The molecule has 2 atom stereocenters. The third-order valence-electron chi connectivity index (χ3n) is 3.27. The second kappa shape index (κ2) is 6.03. The maximum absolute atomic E-state index is 6.16. The van der Waals surface area contributed by atoms with Crippen LogP contribution in [0.1, 0.15) is 26.2 Å². The van der Waals surface area contributed by atoms with Crippen molar-refractivity contribution in [1.29, 1.82) is 0 Å². The fourth-order valence-electron chi connectivity index (χ4n) is 2.38. The third kappa shape index (κ3) is 3.45. The lowest BCUT2D eigenvalue weighted by Gasteiger charge is -2.37. The van der Waals surface area contributed by atoms with Gasteiger partial charge in [-0.2, -0.15) is 0 Å². The zero-order valence-corrected chi connectivity index (χ0v) is 10.5. The van der Waals surface area contributed by atoms with E-state index in [-0.39, 0.29) is 12.3 Å². The molecule has 1 aliphatic rings. The van der Waals surface area contributed by atoms with Crippen molar-refractivity contribution >= 4 is 0 Å². The predicted octanol–water partition coefficient (Wildman–Crippen LogP) is 2.22. The summed E-state index contributed by atoms with van der Waals surface area (Å²) in [4.78, 5) is 2.35. The first-order valence-corrected chi connectivity index (χ1v) is 6.51. The van der Waals surface area contributed by atoms with E-state index in [1.807, 2.05) is 30.3 Å². The van der Waals surface area contributed by atoms with E-state index in [2.05, 4.69) is 11.8 Å². The number of likely N-dealkylation sites (tertiary alicyclic amines) is 1. The molecule has 1 fully saturated rings. The first-order chi connectivity index (χ1) is 8.29. The lowest BCUT2D eigenvalue weighted by atomic mass is 10.0. The van der Waals surface area contributed by atoms with Gasteiger partial charge in [-0.05, 0) is 31.5 Å². The summed E-state index contributed by atoms with van der Waals surface area (Å²) in [5.41, 5.74) is 6.16. The van der Waals surface area contributed by atoms with Gasteiger partial charge in [0.2, 0.25) is 0 Å². The smallest absolute Gasteiger partial charge is 0.119 e. The van der Waals surface area contributed by atoms with Crippen molar-refractivity contribution in [3.8, 4) is 5.75 Å². The fraction of sp³-hybridized carbons (Fsp3) is 0.571.